The molecule has 0 saturated carbocycles. The first-order valence-corrected chi connectivity index (χ1v) is 6.56. The zero-order chi connectivity index (χ0) is 13.3. The van der Waals surface area contributed by atoms with Gasteiger partial charge in [0, 0.05) is 10.0 Å². The van der Waals surface area contributed by atoms with Gasteiger partial charge < -0.3 is 5.11 Å². The largest absolute Gasteiger partial charge is 0.384 e. The second-order valence-electron chi connectivity index (χ2n) is 4.05. The summed E-state index contributed by atoms with van der Waals surface area (Å²) in [4.78, 5) is 0. The Morgan fingerprint density at radius 3 is 2.61 bits per heavy atom. The predicted octanol–water partition coefficient (Wildman–Crippen LogP) is 4.63. The molecule has 1 unspecified atom stereocenters. The third-order valence-electron chi connectivity index (χ3n) is 2.80. The third kappa shape index (κ3) is 2.58. The first kappa shape index (κ1) is 13.5. The second-order valence-corrected chi connectivity index (χ2v) is 5.28. The van der Waals surface area contributed by atoms with Gasteiger partial charge in [-0.05, 0) is 52.2 Å². The molecule has 18 heavy (non-hydrogen) atoms. The fourth-order valence-electron chi connectivity index (χ4n) is 1.85. The normalized spacial score (nSPS) is 12.5. The fraction of sp³-hybridized carbons (Fsp3) is 0.143. The molecule has 0 bridgehead atoms. The van der Waals surface area contributed by atoms with E-state index in [0.29, 0.717) is 21.7 Å². The van der Waals surface area contributed by atoms with Crippen LogP contribution in [-0.2, 0) is 0 Å². The summed E-state index contributed by atoms with van der Waals surface area (Å²) in [6, 6.07) is 9.65. The average molecular weight is 330 g/mol. The van der Waals surface area contributed by atoms with Crippen molar-refractivity contribution < 1.29 is 9.50 Å². The maximum absolute atomic E-state index is 13.0. The first-order chi connectivity index (χ1) is 8.50. The zero-order valence-corrected chi connectivity index (χ0v) is 12.0. The van der Waals surface area contributed by atoms with E-state index in [9.17, 15) is 9.50 Å². The van der Waals surface area contributed by atoms with Crippen LogP contribution in [0.2, 0.25) is 5.02 Å². The lowest BCUT2D eigenvalue weighted by Gasteiger charge is -2.16. The van der Waals surface area contributed by atoms with Crippen LogP contribution < -0.4 is 0 Å². The van der Waals surface area contributed by atoms with Crippen LogP contribution in [0.4, 0.5) is 4.39 Å². The van der Waals surface area contributed by atoms with Gasteiger partial charge >= 0.3 is 0 Å². The highest BCUT2D eigenvalue weighted by molar-refractivity contribution is 9.10. The molecule has 2 aromatic carbocycles. The molecule has 1 nitrogen and oxygen atoms in total. The minimum Gasteiger partial charge on any atom is -0.384 e. The van der Waals surface area contributed by atoms with Crippen LogP contribution in [0.25, 0.3) is 0 Å². The van der Waals surface area contributed by atoms with Crippen molar-refractivity contribution >= 4 is 27.5 Å². The van der Waals surface area contributed by atoms with Gasteiger partial charge in [-0.3, -0.25) is 0 Å². The number of hydrogen-bond acceptors (Lipinski definition) is 1. The van der Waals surface area contributed by atoms with E-state index in [4.69, 9.17) is 11.6 Å². The predicted molar refractivity (Wildman–Crippen MR) is 74.4 cm³/mol. The summed E-state index contributed by atoms with van der Waals surface area (Å²) in [5.74, 6) is -0.316. The molecule has 0 aliphatic rings. The van der Waals surface area contributed by atoms with E-state index in [1.807, 2.05) is 0 Å². The summed E-state index contributed by atoms with van der Waals surface area (Å²) in [5.41, 5.74) is 1.94. The van der Waals surface area contributed by atoms with Crippen molar-refractivity contribution in [3.63, 3.8) is 0 Å². The van der Waals surface area contributed by atoms with Gasteiger partial charge in [-0.1, -0.05) is 29.8 Å². The summed E-state index contributed by atoms with van der Waals surface area (Å²) in [6.07, 6.45) is -0.865. The smallest absolute Gasteiger partial charge is 0.123 e. The first-order valence-electron chi connectivity index (χ1n) is 5.38. The minimum absolute atomic E-state index is 0.316. The van der Waals surface area contributed by atoms with E-state index in [1.54, 1.807) is 31.2 Å². The molecular formula is C14H11BrClFO. The number of hydrogen-bond donors (Lipinski definition) is 1. The lowest BCUT2D eigenvalue weighted by atomic mass is 9.97. The topological polar surface area (TPSA) is 20.2 Å². The second kappa shape index (κ2) is 5.39. The van der Waals surface area contributed by atoms with Crippen LogP contribution in [0.3, 0.4) is 0 Å². The summed E-state index contributed by atoms with van der Waals surface area (Å²) < 4.78 is 13.8. The number of benzene rings is 2. The van der Waals surface area contributed by atoms with E-state index in [2.05, 4.69) is 15.9 Å². The molecule has 2 aromatic rings. The van der Waals surface area contributed by atoms with Gasteiger partial charge in [0.15, 0.2) is 0 Å². The number of rotatable bonds is 2. The van der Waals surface area contributed by atoms with Crippen LogP contribution in [0, 0.1) is 12.7 Å². The van der Waals surface area contributed by atoms with Crippen molar-refractivity contribution in [1.29, 1.82) is 0 Å². The Kier molecular flexibility index (Phi) is 4.05. The molecule has 0 aliphatic heterocycles. The lowest BCUT2D eigenvalue weighted by Crippen LogP contribution is -2.03. The van der Waals surface area contributed by atoms with E-state index < -0.39 is 6.10 Å². The Morgan fingerprint density at radius 1 is 1.22 bits per heavy atom. The van der Waals surface area contributed by atoms with E-state index in [-0.39, 0.29) is 5.82 Å². The maximum atomic E-state index is 13.0. The molecule has 0 aromatic heterocycles. The Hall–Kier alpha value is -0.900. The molecule has 94 valence electrons. The van der Waals surface area contributed by atoms with Crippen LogP contribution in [0.15, 0.2) is 40.9 Å². The number of aliphatic hydroxyl groups excluding tert-OH is 1. The van der Waals surface area contributed by atoms with Crippen molar-refractivity contribution in [2.45, 2.75) is 13.0 Å². The van der Waals surface area contributed by atoms with Gasteiger partial charge in [0.05, 0.1) is 5.02 Å². The average Bonchev–Trinajstić information content (AvgIpc) is 2.32. The maximum Gasteiger partial charge on any atom is 0.123 e. The molecule has 4 heteroatoms. The Labute approximate surface area is 118 Å². The van der Waals surface area contributed by atoms with Gasteiger partial charge in [-0.25, -0.2) is 4.39 Å². The molecule has 0 saturated heterocycles. The standard InChI is InChI=1S/C14H11BrClFO/c1-8-7-9(17)5-6-10(8)14(18)11-3-2-4-12(15)13(11)16/h2-7,14,18H,1H3. The molecule has 2 rings (SSSR count). The van der Waals surface area contributed by atoms with Gasteiger partial charge in [0.2, 0.25) is 0 Å². The quantitative estimate of drug-likeness (QED) is 0.851. The summed E-state index contributed by atoms with van der Waals surface area (Å²) in [6.45, 7) is 1.76. The zero-order valence-electron chi connectivity index (χ0n) is 9.62. The molecular weight excluding hydrogens is 319 g/mol. The highest BCUT2D eigenvalue weighted by Gasteiger charge is 2.17. The van der Waals surface area contributed by atoms with E-state index in [0.717, 1.165) is 4.47 Å². The van der Waals surface area contributed by atoms with Crippen molar-refractivity contribution in [3.05, 3.63) is 68.4 Å². The lowest BCUT2D eigenvalue weighted by molar-refractivity contribution is 0.219. The molecule has 0 radical (unpaired) electrons. The number of aliphatic hydroxyl groups is 1. The summed E-state index contributed by atoms with van der Waals surface area (Å²) >= 11 is 9.45. The number of aryl methyl sites for hydroxylation is 1. The molecule has 0 heterocycles. The molecule has 0 spiro atoms. The highest BCUT2D eigenvalue weighted by atomic mass is 79.9. The molecule has 1 atom stereocenters. The molecule has 0 fully saturated rings. The Morgan fingerprint density at radius 2 is 1.94 bits per heavy atom. The van der Waals surface area contributed by atoms with Crippen molar-refractivity contribution in [1.82, 2.24) is 0 Å². The van der Waals surface area contributed by atoms with Crippen molar-refractivity contribution in [3.8, 4) is 0 Å². The highest BCUT2D eigenvalue weighted by Crippen LogP contribution is 2.34. The molecule has 1 N–H and O–H groups in total. The van der Waals surface area contributed by atoms with Gasteiger partial charge in [-0.2, -0.15) is 0 Å². The van der Waals surface area contributed by atoms with Crippen LogP contribution in [0.1, 0.15) is 22.8 Å². The van der Waals surface area contributed by atoms with Gasteiger partial charge in [-0.15, -0.1) is 0 Å². The number of halogens is 3. The third-order valence-corrected chi connectivity index (χ3v) is 4.11. The Balaban J connectivity index is 2.48. The Bertz CT molecular complexity index is 586. The SMILES string of the molecule is Cc1cc(F)ccc1C(O)c1cccc(Br)c1Cl. The summed E-state index contributed by atoms with van der Waals surface area (Å²) in [7, 11) is 0. The van der Waals surface area contributed by atoms with E-state index in [1.165, 1.54) is 12.1 Å². The van der Waals surface area contributed by atoms with Crippen LogP contribution in [-0.4, -0.2) is 5.11 Å². The van der Waals surface area contributed by atoms with Crippen molar-refractivity contribution in [2.24, 2.45) is 0 Å². The van der Waals surface area contributed by atoms with Crippen LogP contribution in [0.5, 0.6) is 0 Å². The van der Waals surface area contributed by atoms with Crippen molar-refractivity contribution in [2.75, 3.05) is 0 Å². The minimum atomic E-state index is -0.865. The fourth-order valence-corrected chi connectivity index (χ4v) is 2.46. The van der Waals surface area contributed by atoms with Gasteiger partial charge in [0.25, 0.3) is 0 Å². The van der Waals surface area contributed by atoms with Crippen LogP contribution >= 0.6 is 27.5 Å². The molecule has 0 amide bonds. The summed E-state index contributed by atoms with van der Waals surface area (Å²) in [5, 5.41) is 10.8. The van der Waals surface area contributed by atoms with E-state index >= 15 is 0 Å². The van der Waals surface area contributed by atoms with Gasteiger partial charge in [0.1, 0.15) is 11.9 Å². The molecule has 0 aliphatic carbocycles. The monoisotopic (exact) mass is 328 g/mol.